The fraction of sp³-hybridized carbons (Fsp3) is 0.417. The molecular formula is C24H27FN6O3. The van der Waals surface area contributed by atoms with Crippen molar-refractivity contribution >= 4 is 22.6 Å². The zero-order valence-electron chi connectivity index (χ0n) is 19.2. The monoisotopic (exact) mass is 466 g/mol. The number of fused-ring (bicyclic) bond motifs is 3. The van der Waals surface area contributed by atoms with Gasteiger partial charge in [-0.3, -0.25) is 14.5 Å². The van der Waals surface area contributed by atoms with Crippen LogP contribution in [0.25, 0.3) is 11.0 Å². The average Bonchev–Trinajstić information content (AvgIpc) is 2.85. The molecule has 0 unspecified atom stereocenters. The maximum absolute atomic E-state index is 15.5. The Kier molecular flexibility index (Phi) is 5.91. The highest BCUT2D eigenvalue weighted by Gasteiger charge is 2.31. The van der Waals surface area contributed by atoms with Crippen molar-refractivity contribution in [3.8, 4) is 5.75 Å². The van der Waals surface area contributed by atoms with E-state index >= 15 is 4.39 Å². The van der Waals surface area contributed by atoms with E-state index in [-0.39, 0.29) is 23.0 Å². The average molecular weight is 467 g/mol. The van der Waals surface area contributed by atoms with Crippen molar-refractivity contribution in [3.63, 3.8) is 0 Å². The number of carbonyl (C=O) groups excluding carboxylic acids is 1. The minimum absolute atomic E-state index is 0.127. The molecule has 34 heavy (non-hydrogen) atoms. The van der Waals surface area contributed by atoms with E-state index in [2.05, 4.69) is 30.1 Å². The number of nitrogens with one attached hydrogen (secondary N) is 2. The lowest BCUT2D eigenvalue weighted by Gasteiger charge is -2.43. The van der Waals surface area contributed by atoms with Crippen LogP contribution in [-0.2, 0) is 13.0 Å². The third-order valence-electron chi connectivity index (χ3n) is 6.64. The molecule has 0 radical (unpaired) electrons. The Bertz CT molecular complexity index is 1290. The maximum atomic E-state index is 15.5. The molecule has 3 aromatic rings. The van der Waals surface area contributed by atoms with Crippen LogP contribution in [0.2, 0.25) is 0 Å². The Hall–Kier alpha value is -3.53. The van der Waals surface area contributed by atoms with Crippen LogP contribution in [0, 0.1) is 5.82 Å². The fourth-order valence-corrected chi connectivity index (χ4v) is 4.71. The van der Waals surface area contributed by atoms with Crippen molar-refractivity contribution < 1.29 is 13.9 Å². The van der Waals surface area contributed by atoms with E-state index in [0.29, 0.717) is 47.8 Å². The number of carbonyl (C=O) groups is 1. The number of piperazine rings is 1. The van der Waals surface area contributed by atoms with E-state index in [1.165, 1.54) is 0 Å². The number of amides is 1. The summed E-state index contributed by atoms with van der Waals surface area (Å²) >= 11 is 0. The summed E-state index contributed by atoms with van der Waals surface area (Å²) in [5.41, 5.74) is 2.33. The van der Waals surface area contributed by atoms with Crippen LogP contribution in [0.3, 0.4) is 0 Å². The van der Waals surface area contributed by atoms with Gasteiger partial charge in [0.2, 0.25) is 0 Å². The Morgan fingerprint density at radius 1 is 1.35 bits per heavy atom. The van der Waals surface area contributed by atoms with Crippen LogP contribution in [0.15, 0.2) is 29.2 Å². The van der Waals surface area contributed by atoms with Gasteiger partial charge in [0.05, 0.1) is 24.0 Å². The summed E-state index contributed by atoms with van der Waals surface area (Å²) < 4.78 is 21.5. The predicted octanol–water partition coefficient (Wildman–Crippen LogP) is 1.85. The molecule has 0 bridgehead atoms. The minimum Gasteiger partial charge on any atom is -0.493 e. The van der Waals surface area contributed by atoms with Crippen LogP contribution in [0.4, 0.5) is 10.1 Å². The molecule has 1 fully saturated rings. The smallest absolute Gasteiger partial charge is 0.270 e. The molecule has 1 atom stereocenters. The van der Waals surface area contributed by atoms with Crippen molar-refractivity contribution in [2.24, 2.45) is 0 Å². The molecule has 0 spiro atoms. The highest BCUT2D eigenvalue weighted by molar-refractivity contribution is 5.92. The van der Waals surface area contributed by atoms with Crippen LogP contribution < -0.4 is 20.5 Å². The Labute approximate surface area is 196 Å². The van der Waals surface area contributed by atoms with Gasteiger partial charge in [0.25, 0.3) is 11.5 Å². The van der Waals surface area contributed by atoms with Crippen molar-refractivity contribution in [1.82, 2.24) is 25.2 Å². The predicted molar refractivity (Wildman–Crippen MR) is 126 cm³/mol. The largest absolute Gasteiger partial charge is 0.493 e. The van der Waals surface area contributed by atoms with E-state index in [4.69, 9.17) is 4.74 Å². The Balaban J connectivity index is 1.39. The number of ether oxygens (including phenoxy) is 1. The summed E-state index contributed by atoms with van der Waals surface area (Å²) in [4.78, 5) is 39.8. The number of nitrogens with zero attached hydrogens (tertiary/aromatic N) is 4. The molecule has 2 aliphatic heterocycles. The number of hydrogen-bond acceptors (Lipinski definition) is 7. The van der Waals surface area contributed by atoms with Crippen LogP contribution >= 0.6 is 0 Å². The molecule has 1 saturated heterocycles. The molecule has 178 valence electrons. The molecule has 5 rings (SSSR count). The summed E-state index contributed by atoms with van der Waals surface area (Å²) in [6.07, 6.45) is 2.98. The lowest BCUT2D eigenvalue weighted by Crippen LogP contribution is -2.53. The third-order valence-corrected chi connectivity index (χ3v) is 6.64. The third kappa shape index (κ3) is 3.98. The quantitative estimate of drug-likeness (QED) is 0.607. The zero-order valence-corrected chi connectivity index (χ0v) is 19.2. The number of rotatable bonds is 3. The number of aromatic amines is 1. The first kappa shape index (κ1) is 22.3. The van der Waals surface area contributed by atoms with Gasteiger partial charge in [-0.1, -0.05) is 6.92 Å². The molecule has 10 heteroatoms. The van der Waals surface area contributed by atoms with Gasteiger partial charge in [-0.05, 0) is 25.0 Å². The first-order valence-corrected chi connectivity index (χ1v) is 11.5. The van der Waals surface area contributed by atoms with Gasteiger partial charge < -0.3 is 19.9 Å². The number of pyridine rings is 1. The maximum Gasteiger partial charge on any atom is 0.270 e. The van der Waals surface area contributed by atoms with E-state index < -0.39 is 5.82 Å². The molecule has 4 heterocycles. The summed E-state index contributed by atoms with van der Waals surface area (Å²) in [5.74, 6) is -0.206. The number of benzene rings is 1. The van der Waals surface area contributed by atoms with Gasteiger partial charge in [-0.15, -0.1) is 0 Å². The summed E-state index contributed by atoms with van der Waals surface area (Å²) in [7, 11) is 1.58. The molecule has 2 N–H and O–H groups in total. The normalized spacial score (nSPS) is 18.4. The lowest BCUT2D eigenvalue weighted by atomic mass is 10.0. The topological polar surface area (TPSA) is 103 Å². The molecule has 2 aromatic heterocycles. The second-order valence-electron chi connectivity index (χ2n) is 8.62. The number of halogens is 1. The second-order valence-corrected chi connectivity index (χ2v) is 8.62. The first-order chi connectivity index (χ1) is 16.5. The second kappa shape index (κ2) is 9.02. The first-order valence-electron chi connectivity index (χ1n) is 11.5. The van der Waals surface area contributed by atoms with Crippen LogP contribution in [0.5, 0.6) is 5.75 Å². The van der Waals surface area contributed by atoms with Crippen molar-refractivity contribution in [3.05, 3.63) is 57.5 Å². The van der Waals surface area contributed by atoms with Gasteiger partial charge >= 0.3 is 0 Å². The highest BCUT2D eigenvalue weighted by atomic mass is 19.1. The molecular weight excluding hydrogens is 439 g/mol. The lowest BCUT2D eigenvalue weighted by molar-refractivity contribution is 0.0958. The van der Waals surface area contributed by atoms with E-state index in [1.54, 1.807) is 25.4 Å². The van der Waals surface area contributed by atoms with Gasteiger partial charge in [-0.25, -0.2) is 14.4 Å². The SMILES string of the molecule is CCc1nc2cc3c(c(F)c2[nH]c1=O)CN1CCN(c2ccc(C(=O)NC)nc2)C[C@@H]1CCO3. The Morgan fingerprint density at radius 2 is 2.21 bits per heavy atom. The minimum atomic E-state index is -0.475. The van der Waals surface area contributed by atoms with Crippen molar-refractivity contribution in [2.45, 2.75) is 32.4 Å². The standard InChI is InChI=1S/C24H27FN6O3/c1-3-17-24(33)29-22-19(28-17)10-20-16(21(22)25)13-31-8-7-30(12-15(31)6-9-34-20)14-4-5-18(27-11-14)23(32)26-2/h4-5,10-11,15H,3,6-9,12-13H2,1-2H3,(H,26,32)(H,29,33)/t15-/m0/s1. The van der Waals surface area contributed by atoms with Crippen LogP contribution in [-0.4, -0.2) is 65.1 Å². The van der Waals surface area contributed by atoms with Gasteiger partial charge in [0, 0.05) is 50.9 Å². The summed E-state index contributed by atoms with van der Waals surface area (Å²) in [5, 5.41) is 2.57. The highest BCUT2D eigenvalue weighted by Crippen LogP contribution is 2.33. The van der Waals surface area contributed by atoms with Gasteiger partial charge in [-0.2, -0.15) is 0 Å². The number of aryl methyl sites for hydroxylation is 1. The van der Waals surface area contributed by atoms with E-state index in [0.717, 1.165) is 31.7 Å². The molecule has 9 nitrogen and oxygen atoms in total. The van der Waals surface area contributed by atoms with E-state index in [1.807, 2.05) is 13.0 Å². The van der Waals surface area contributed by atoms with Crippen molar-refractivity contribution in [1.29, 1.82) is 0 Å². The number of hydrogen-bond donors (Lipinski definition) is 2. The fourth-order valence-electron chi connectivity index (χ4n) is 4.71. The molecule has 1 aromatic carbocycles. The Morgan fingerprint density at radius 3 is 2.94 bits per heavy atom. The molecule has 1 amide bonds. The van der Waals surface area contributed by atoms with Crippen LogP contribution in [0.1, 0.15) is 35.1 Å². The van der Waals surface area contributed by atoms with Gasteiger partial charge in [0.1, 0.15) is 22.7 Å². The molecule has 0 aliphatic carbocycles. The summed E-state index contributed by atoms with van der Waals surface area (Å²) in [6.45, 7) is 4.92. The number of anilines is 1. The molecule has 0 saturated carbocycles. The number of H-pyrrole nitrogens is 1. The number of aromatic nitrogens is 3. The van der Waals surface area contributed by atoms with Gasteiger partial charge in [0.15, 0.2) is 5.82 Å². The van der Waals surface area contributed by atoms with Crippen molar-refractivity contribution in [2.75, 3.05) is 38.2 Å². The van der Waals surface area contributed by atoms with E-state index in [9.17, 15) is 9.59 Å². The zero-order chi connectivity index (χ0) is 23.8. The molecule has 2 aliphatic rings. The summed E-state index contributed by atoms with van der Waals surface area (Å²) in [6, 6.07) is 5.52.